The van der Waals surface area contributed by atoms with Gasteiger partial charge in [0, 0.05) is 9.79 Å². The molecule has 0 aliphatic heterocycles. The molecule has 0 fully saturated rings. The maximum atomic E-state index is 13.5. The smallest absolute Gasteiger partial charge is 0.124 e. The lowest BCUT2D eigenvalue weighted by Crippen LogP contribution is -2.02. The highest BCUT2D eigenvalue weighted by Gasteiger charge is 2.05. The van der Waals surface area contributed by atoms with Crippen molar-refractivity contribution in [3.63, 3.8) is 0 Å². The molecule has 0 saturated heterocycles. The molecule has 0 heterocycles. The molecule has 0 atom stereocenters. The standard InChI is InChI=1S/C14H12Cl2FNS/c15-13-2-1-11(8-14(13)16)19-12-6-9(3-4-18)5-10(17)7-12/h1-2,5-8H,3-4,18H2. The van der Waals surface area contributed by atoms with Crippen molar-refractivity contribution >= 4 is 35.0 Å². The predicted octanol–water partition coefficient (Wildman–Crippen LogP) is 4.78. The summed E-state index contributed by atoms with van der Waals surface area (Å²) in [6.07, 6.45) is 0.659. The first-order chi connectivity index (χ1) is 9.08. The van der Waals surface area contributed by atoms with E-state index in [1.807, 2.05) is 12.1 Å². The van der Waals surface area contributed by atoms with Gasteiger partial charge < -0.3 is 5.73 Å². The number of hydrogen-bond acceptors (Lipinski definition) is 2. The Balaban J connectivity index is 2.24. The third-order valence-corrected chi connectivity index (χ3v) is 4.19. The Hall–Kier alpha value is -0.740. The third kappa shape index (κ3) is 4.11. The van der Waals surface area contributed by atoms with E-state index in [2.05, 4.69) is 0 Å². The molecular weight excluding hydrogens is 304 g/mol. The highest BCUT2D eigenvalue weighted by Crippen LogP contribution is 2.33. The maximum Gasteiger partial charge on any atom is 0.124 e. The second-order valence-electron chi connectivity index (χ2n) is 4.01. The number of halogens is 3. The minimum atomic E-state index is -0.256. The summed E-state index contributed by atoms with van der Waals surface area (Å²) in [5.74, 6) is -0.256. The first kappa shape index (κ1) is 14.7. The van der Waals surface area contributed by atoms with Crippen LogP contribution in [-0.4, -0.2) is 6.54 Å². The van der Waals surface area contributed by atoms with Crippen molar-refractivity contribution in [3.05, 3.63) is 57.8 Å². The van der Waals surface area contributed by atoms with Gasteiger partial charge in [0.2, 0.25) is 0 Å². The molecule has 100 valence electrons. The Bertz CT molecular complexity index is 590. The van der Waals surface area contributed by atoms with Gasteiger partial charge in [-0.3, -0.25) is 0 Å². The van der Waals surface area contributed by atoms with Crippen molar-refractivity contribution in [3.8, 4) is 0 Å². The monoisotopic (exact) mass is 315 g/mol. The predicted molar refractivity (Wildman–Crippen MR) is 79.7 cm³/mol. The van der Waals surface area contributed by atoms with Crippen LogP contribution < -0.4 is 5.73 Å². The van der Waals surface area contributed by atoms with Gasteiger partial charge in [-0.25, -0.2) is 4.39 Å². The zero-order chi connectivity index (χ0) is 13.8. The van der Waals surface area contributed by atoms with E-state index in [0.717, 1.165) is 15.4 Å². The lowest BCUT2D eigenvalue weighted by atomic mass is 10.1. The van der Waals surface area contributed by atoms with Crippen LogP contribution in [0.25, 0.3) is 0 Å². The molecule has 2 rings (SSSR count). The molecule has 5 heteroatoms. The normalized spacial score (nSPS) is 10.7. The van der Waals surface area contributed by atoms with E-state index in [9.17, 15) is 4.39 Å². The van der Waals surface area contributed by atoms with Crippen molar-refractivity contribution in [2.45, 2.75) is 16.2 Å². The second-order valence-corrected chi connectivity index (χ2v) is 5.97. The summed E-state index contributed by atoms with van der Waals surface area (Å²) in [6.45, 7) is 0.500. The summed E-state index contributed by atoms with van der Waals surface area (Å²) in [6, 6.07) is 10.3. The highest BCUT2D eigenvalue weighted by molar-refractivity contribution is 7.99. The molecule has 1 nitrogen and oxygen atoms in total. The summed E-state index contributed by atoms with van der Waals surface area (Å²) in [5, 5.41) is 0.999. The van der Waals surface area contributed by atoms with Crippen LogP contribution >= 0.6 is 35.0 Å². The molecule has 0 bridgehead atoms. The Kier molecular flexibility index (Phi) is 5.11. The van der Waals surface area contributed by atoms with Gasteiger partial charge in [0.15, 0.2) is 0 Å². The van der Waals surface area contributed by atoms with E-state index >= 15 is 0 Å². The van der Waals surface area contributed by atoms with Crippen LogP contribution in [0.5, 0.6) is 0 Å². The van der Waals surface area contributed by atoms with Gasteiger partial charge in [-0.05, 0) is 54.9 Å². The van der Waals surface area contributed by atoms with Crippen molar-refractivity contribution in [2.24, 2.45) is 5.73 Å². The number of nitrogens with two attached hydrogens (primary N) is 1. The Morgan fingerprint density at radius 3 is 2.47 bits per heavy atom. The van der Waals surface area contributed by atoms with Gasteiger partial charge in [0.25, 0.3) is 0 Å². The van der Waals surface area contributed by atoms with Gasteiger partial charge >= 0.3 is 0 Å². The molecular formula is C14H12Cl2FNS. The average molecular weight is 316 g/mol. The van der Waals surface area contributed by atoms with Crippen molar-refractivity contribution in [1.29, 1.82) is 0 Å². The van der Waals surface area contributed by atoms with Gasteiger partial charge in [-0.1, -0.05) is 35.0 Å². The lowest BCUT2D eigenvalue weighted by molar-refractivity contribution is 0.621. The molecule has 0 aliphatic rings. The van der Waals surface area contributed by atoms with Crippen LogP contribution in [0.1, 0.15) is 5.56 Å². The summed E-state index contributed by atoms with van der Waals surface area (Å²) in [4.78, 5) is 1.74. The number of rotatable bonds is 4. The van der Waals surface area contributed by atoms with Gasteiger partial charge in [0.1, 0.15) is 5.82 Å². The van der Waals surface area contributed by atoms with E-state index in [4.69, 9.17) is 28.9 Å². The summed E-state index contributed by atoms with van der Waals surface area (Å²) < 4.78 is 13.5. The zero-order valence-corrected chi connectivity index (χ0v) is 12.3. The highest BCUT2D eigenvalue weighted by atomic mass is 35.5. The van der Waals surface area contributed by atoms with Gasteiger partial charge in [-0.15, -0.1) is 0 Å². The Labute approximate surface area is 125 Å². The summed E-state index contributed by atoms with van der Waals surface area (Å²) in [5.41, 5.74) is 6.38. The molecule has 2 aromatic carbocycles. The molecule has 0 spiro atoms. The minimum absolute atomic E-state index is 0.256. The first-order valence-electron chi connectivity index (χ1n) is 5.71. The molecule has 2 N–H and O–H groups in total. The van der Waals surface area contributed by atoms with Crippen LogP contribution in [0, 0.1) is 5.82 Å². The largest absolute Gasteiger partial charge is 0.330 e. The summed E-state index contributed by atoms with van der Waals surface area (Å²) >= 11 is 13.3. The quantitative estimate of drug-likeness (QED) is 0.878. The first-order valence-corrected chi connectivity index (χ1v) is 7.28. The van der Waals surface area contributed by atoms with Gasteiger partial charge in [0.05, 0.1) is 10.0 Å². The fraction of sp³-hybridized carbons (Fsp3) is 0.143. The fourth-order valence-corrected chi connectivity index (χ4v) is 3.00. The topological polar surface area (TPSA) is 26.0 Å². The third-order valence-electron chi connectivity index (χ3n) is 2.49. The second kappa shape index (κ2) is 6.62. The van der Waals surface area contributed by atoms with Crippen molar-refractivity contribution in [1.82, 2.24) is 0 Å². The van der Waals surface area contributed by atoms with E-state index in [1.165, 1.54) is 23.9 Å². The van der Waals surface area contributed by atoms with Crippen molar-refractivity contribution < 1.29 is 4.39 Å². The molecule has 0 radical (unpaired) electrons. The molecule has 0 saturated carbocycles. The molecule has 0 amide bonds. The summed E-state index contributed by atoms with van der Waals surface area (Å²) in [7, 11) is 0. The zero-order valence-electron chi connectivity index (χ0n) is 10.00. The van der Waals surface area contributed by atoms with Crippen LogP contribution in [0.2, 0.25) is 10.0 Å². The van der Waals surface area contributed by atoms with Crippen LogP contribution in [-0.2, 0) is 6.42 Å². The molecule has 0 unspecified atom stereocenters. The minimum Gasteiger partial charge on any atom is -0.330 e. The molecule has 0 aliphatic carbocycles. The fourth-order valence-electron chi connectivity index (χ4n) is 1.67. The molecule has 0 aromatic heterocycles. The van der Waals surface area contributed by atoms with Gasteiger partial charge in [-0.2, -0.15) is 0 Å². The molecule has 2 aromatic rings. The van der Waals surface area contributed by atoms with Crippen LogP contribution in [0.4, 0.5) is 4.39 Å². The number of benzene rings is 2. The molecule has 19 heavy (non-hydrogen) atoms. The van der Waals surface area contributed by atoms with Crippen molar-refractivity contribution in [2.75, 3.05) is 6.54 Å². The Morgan fingerprint density at radius 2 is 1.79 bits per heavy atom. The van der Waals surface area contributed by atoms with E-state index in [1.54, 1.807) is 12.1 Å². The SMILES string of the molecule is NCCc1cc(F)cc(Sc2ccc(Cl)c(Cl)c2)c1. The van der Waals surface area contributed by atoms with E-state index in [-0.39, 0.29) is 5.82 Å². The van der Waals surface area contributed by atoms with E-state index < -0.39 is 0 Å². The average Bonchev–Trinajstić information content (AvgIpc) is 2.33. The Morgan fingerprint density at radius 1 is 1.00 bits per heavy atom. The van der Waals surface area contributed by atoms with Crippen LogP contribution in [0.3, 0.4) is 0 Å². The number of hydrogen-bond donors (Lipinski definition) is 1. The van der Waals surface area contributed by atoms with E-state index in [0.29, 0.717) is 23.0 Å². The maximum absolute atomic E-state index is 13.5. The van der Waals surface area contributed by atoms with Crippen LogP contribution in [0.15, 0.2) is 46.2 Å². The lowest BCUT2D eigenvalue weighted by Gasteiger charge is -2.06.